The molecule has 0 aromatic heterocycles. The van der Waals surface area contributed by atoms with Gasteiger partial charge in [0, 0.05) is 18.3 Å². The van der Waals surface area contributed by atoms with Crippen LogP contribution in [-0.2, 0) is 15.1 Å². The molecule has 31 heavy (non-hydrogen) atoms. The zero-order valence-corrected chi connectivity index (χ0v) is 16.7. The highest BCUT2D eigenvalue weighted by Gasteiger charge is 2.61. The molecule has 1 aliphatic heterocycles. The fourth-order valence-corrected chi connectivity index (χ4v) is 3.25. The lowest BCUT2D eigenvalue weighted by molar-refractivity contribution is -0.272. The maximum absolute atomic E-state index is 14.7. The summed E-state index contributed by atoms with van der Waals surface area (Å²) < 4.78 is 91.3. The van der Waals surface area contributed by atoms with Crippen LogP contribution >= 0.6 is 0 Å². The number of nitrogens with two attached hydrogens (primary N) is 1. The standard InChI is InChI=1S/C18H19F7N4O2/c1-15(2)13(31)29(4)14(26)28-16(15,3)9-7-8(5-6-10(9)19)27-12(30)11(17(20,21)22)18(23,24)25/h5-7,11H,1-4H3,(H2,26,28)(H,27,30)/t16-/m1/s1. The van der Waals surface area contributed by atoms with Crippen molar-refractivity contribution < 1.29 is 40.3 Å². The summed E-state index contributed by atoms with van der Waals surface area (Å²) in [6.07, 6.45) is -11.8. The highest BCUT2D eigenvalue weighted by molar-refractivity contribution is 6.01. The molecule has 1 aliphatic rings. The van der Waals surface area contributed by atoms with Crippen LogP contribution in [0.1, 0.15) is 26.3 Å². The predicted molar refractivity (Wildman–Crippen MR) is 96.2 cm³/mol. The molecule has 2 rings (SSSR count). The summed E-state index contributed by atoms with van der Waals surface area (Å²) >= 11 is 0. The first kappa shape index (κ1) is 24.4. The normalized spacial score (nSPS) is 21.9. The summed E-state index contributed by atoms with van der Waals surface area (Å²) in [6, 6.07) is 2.35. The molecule has 0 saturated heterocycles. The van der Waals surface area contributed by atoms with Gasteiger partial charge in [-0.3, -0.25) is 14.5 Å². The van der Waals surface area contributed by atoms with Gasteiger partial charge in [0.25, 0.3) is 0 Å². The van der Waals surface area contributed by atoms with Gasteiger partial charge in [0.1, 0.15) is 11.4 Å². The van der Waals surface area contributed by atoms with Crippen LogP contribution in [0.4, 0.5) is 36.4 Å². The van der Waals surface area contributed by atoms with Crippen LogP contribution in [0.3, 0.4) is 0 Å². The third kappa shape index (κ3) is 4.17. The highest BCUT2D eigenvalue weighted by Crippen LogP contribution is 2.48. The molecule has 0 radical (unpaired) electrons. The van der Waals surface area contributed by atoms with Gasteiger partial charge >= 0.3 is 12.4 Å². The second-order valence-electron chi connectivity index (χ2n) is 7.73. The maximum Gasteiger partial charge on any atom is 0.409 e. The Balaban J connectivity index is 2.54. The van der Waals surface area contributed by atoms with Crippen LogP contribution in [0.5, 0.6) is 0 Å². The van der Waals surface area contributed by atoms with Gasteiger partial charge in [-0.1, -0.05) is 0 Å². The van der Waals surface area contributed by atoms with E-state index < -0.39 is 52.5 Å². The molecule has 2 amide bonds. The van der Waals surface area contributed by atoms with Gasteiger partial charge in [-0.15, -0.1) is 0 Å². The smallest absolute Gasteiger partial charge is 0.369 e. The monoisotopic (exact) mass is 456 g/mol. The van der Waals surface area contributed by atoms with Crippen molar-refractivity contribution in [2.24, 2.45) is 22.1 Å². The molecule has 172 valence electrons. The molecule has 0 spiro atoms. The van der Waals surface area contributed by atoms with Crippen molar-refractivity contribution >= 4 is 23.5 Å². The van der Waals surface area contributed by atoms with Crippen molar-refractivity contribution in [3.8, 4) is 0 Å². The summed E-state index contributed by atoms with van der Waals surface area (Å²) in [6.45, 7) is 4.19. The topological polar surface area (TPSA) is 87.8 Å². The van der Waals surface area contributed by atoms with Gasteiger partial charge in [-0.05, 0) is 39.0 Å². The molecule has 6 nitrogen and oxygen atoms in total. The molecular weight excluding hydrogens is 437 g/mol. The molecule has 3 N–H and O–H groups in total. The Labute approximate surface area is 172 Å². The van der Waals surface area contributed by atoms with Crippen molar-refractivity contribution in [2.75, 3.05) is 12.4 Å². The number of benzene rings is 1. The van der Waals surface area contributed by atoms with Gasteiger partial charge in [0.05, 0.1) is 5.41 Å². The quantitative estimate of drug-likeness (QED) is 0.683. The minimum Gasteiger partial charge on any atom is -0.369 e. The van der Waals surface area contributed by atoms with E-state index in [9.17, 15) is 40.3 Å². The SMILES string of the molecule is CN1C(=O)C(C)(C)[C@@](C)(c2cc(NC(=O)C(C(F)(F)F)C(F)(F)F)ccc2F)N=C1N. The number of rotatable bonds is 3. The molecular formula is C18H19F7N4O2. The van der Waals surface area contributed by atoms with E-state index in [0.717, 1.165) is 23.1 Å². The van der Waals surface area contributed by atoms with Gasteiger partial charge in [-0.25, -0.2) is 9.38 Å². The van der Waals surface area contributed by atoms with Crippen LogP contribution in [0, 0.1) is 17.2 Å². The van der Waals surface area contributed by atoms with Crippen LogP contribution < -0.4 is 11.1 Å². The Morgan fingerprint density at radius 3 is 2.13 bits per heavy atom. The van der Waals surface area contributed by atoms with Crippen LogP contribution in [0.15, 0.2) is 23.2 Å². The van der Waals surface area contributed by atoms with Crippen molar-refractivity contribution in [3.63, 3.8) is 0 Å². The van der Waals surface area contributed by atoms with E-state index in [1.165, 1.54) is 33.1 Å². The number of aliphatic imine (C=N–C) groups is 1. The molecule has 1 atom stereocenters. The number of carbonyl (C=O) groups excluding carboxylic acids is 2. The Kier molecular flexibility index (Phi) is 5.81. The first-order valence-corrected chi connectivity index (χ1v) is 8.72. The Morgan fingerprint density at radius 2 is 1.65 bits per heavy atom. The van der Waals surface area contributed by atoms with E-state index in [1.54, 1.807) is 0 Å². The first-order chi connectivity index (χ1) is 13.8. The van der Waals surface area contributed by atoms with Crippen molar-refractivity contribution in [1.29, 1.82) is 0 Å². The number of halogens is 7. The van der Waals surface area contributed by atoms with E-state index in [1.807, 2.05) is 0 Å². The molecule has 13 heteroatoms. The molecule has 1 aromatic carbocycles. The maximum atomic E-state index is 14.7. The van der Waals surface area contributed by atoms with Gasteiger partial charge < -0.3 is 11.1 Å². The summed E-state index contributed by atoms with van der Waals surface area (Å²) in [5.41, 5.74) is 1.73. The van der Waals surface area contributed by atoms with Crippen molar-refractivity contribution in [1.82, 2.24) is 4.90 Å². The lowest BCUT2D eigenvalue weighted by Gasteiger charge is -2.46. The molecule has 1 aromatic rings. The van der Waals surface area contributed by atoms with E-state index in [0.29, 0.717) is 0 Å². The van der Waals surface area contributed by atoms with E-state index >= 15 is 0 Å². The van der Waals surface area contributed by atoms with Crippen molar-refractivity contribution in [3.05, 3.63) is 29.6 Å². The van der Waals surface area contributed by atoms with E-state index in [4.69, 9.17) is 5.73 Å². The Bertz CT molecular complexity index is 926. The van der Waals surface area contributed by atoms with E-state index in [-0.39, 0.29) is 11.5 Å². The van der Waals surface area contributed by atoms with Crippen LogP contribution in [-0.4, -0.2) is 42.1 Å². The Hall–Kier alpha value is -2.86. The average molecular weight is 456 g/mol. The molecule has 0 unspecified atom stereocenters. The van der Waals surface area contributed by atoms with Crippen LogP contribution in [0.25, 0.3) is 0 Å². The third-order valence-corrected chi connectivity index (χ3v) is 5.41. The molecule has 0 saturated carbocycles. The highest BCUT2D eigenvalue weighted by atomic mass is 19.4. The third-order valence-electron chi connectivity index (χ3n) is 5.41. The summed E-state index contributed by atoms with van der Waals surface area (Å²) in [5.74, 6) is -8.44. The molecule has 0 bridgehead atoms. The second-order valence-corrected chi connectivity index (χ2v) is 7.73. The van der Waals surface area contributed by atoms with Gasteiger partial charge in [0.15, 0.2) is 5.96 Å². The number of guanidine groups is 1. The molecule has 0 aliphatic carbocycles. The number of hydrogen-bond donors (Lipinski definition) is 2. The minimum atomic E-state index is -5.89. The number of hydrogen-bond acceptors (Lipinski definition) is 4. The lowest BCUT2D eigenvalue weighted by Crippen LogP contribution is -2.58. The Morgan fingerprint density at radius 1 is 1.13 bits per heavy atom. The zero-order chi connectivity index (χ0) is 24.2. The first-order valence-electron chi connectivity index (χ1n) is 8.72. The minimum absolute atomic E-state index is 0.269. The molecule has 1 heterocycles. The number of nitrogens with one attached hydrogen (secondary N) is 1. The summed E-state index contributed by atoms with van der Waals surface area (Å²) in [7, 11) is 1.34. The van der Waals surface area contributed by atoms with E-state index in [2.05, 4.69) is 4.99 Å². The van der Waals surface area contributed by atoms with Gasteiger partial charge in [0.2, 0.25) is 17.7 Å². The predicted octanol–water partition coefficient (Wildman–Crippen LogP) is 3.53. The van der Waals surface area contributed by atoms with Crippen LogP contribution in [0.2, 0.25) is 0 Å². The number of nitrogens with zero attached hydrogens (tertiary/aromatic N) is 2. The fraction of sp³-hybridized carbons (Fsp3) is 0.500. The lowest BCUT2D eigenvalue weighted by atomic mass is 9.67. The largest absolute Gasteiger partial charge is 0.409 e. The zero-order valence-electron chi connectivity index (χ0n) is 16.7. The number of amides is 2. The fourth-order valence-electron chi connectivity index (χ4n) is 3.25. The number of anilines is 1. The van der Waals surface area contributed by atoms with Gasteiger partial charge in [-0.2, -0.15) is 26.3 Å². The van der Waals surface area contributed by atoms with Crippen molar-refractivity contribution in [2.45, 2.75) is 38.7 Å². The summed E-state index contributed by atoms with van der Waals surface area (Å²) in [5, 5.41) is 1.52. The number of carbonyl (C=O) groups is 2. The average Bonchev–Trinajstić information content (AvgIpc) is 2.57. The number of alkyl halides is 6. The molecule has 0 fully saturated rings. The summed E-state index contributed by atoms with van der Waals surface area (Å²) in [4.78, 5) is 29.6. The second kappa shape index (κ2) is 7.38.